The fourth-order valence-electron chi connectivity index (χ4n) is 3.04. The summed E-state index contributed by atoms with van der Waals surface area (Å²) in [6.45, 7) is 1.69. The molecule has 1 saturated carbocycles. The second kappa shape index (κ2) is 6.24. The van der Waals surface area contributed by atoms with Crippen LogP contribution in [-0.2, 0) is 9.59 Å². The third kappa shape index (κ3) is 3.12. The van der Waals surface area contributed by atoms with E-state index in [0.29, 0.717) is 0 Å². The lowest BCUT2D eigenvalue weighted by Crippen LogP contribution is -2.47. The molecule has 1 aromatic carbocycles. The molecule has 1 aromatic rings. The number of hydrogen-bond acceptors (Lipinski definition) is 4. The monoisotopic (exact) mass is 330 g/mol. The fraction of sp³-hybridized carbons (Fsp3) is 0.471. The van der Waals surface area contributed by atoms with Gasteiger partial charge in [0.1, 0.15) is 12.1 Å². The molecule has 1 heterocycles. The van der Waals surface area contributed by atoms with Gasteiger partial charge < -0.3 is 16.4 Å². The van der Waals surface area contributed by atoms with E-state index in [9.17, 15) is 14.4 Å². The quantitative estimate of drug-likeness (QED) is 0.662. The lowest BCUT2D eigenvalue weighted by atomic mass is 9.96. The van der Waals surface area contributed by atoms with Crippen molar-refractivity contribution < 1.29 is 14.4 Å². The van der Waals surface area contributed by atoms with Gasteiger partial charge in [0.2, 0.25) is 5.91 Å². The van der Waals surface area contributed by atoms with E-state index in [1.165, 1.54) is 0 Å². The molecule has 2 unspecified atom stereocenters. The molecule has 1 aliphatic heterocycles. The van der Waals surface area contributed by atoms with Gasteiger partial charge in [-0.3, -0.25) is 14.5 Å². The van der Waals surface area contributed by atoms with E-state index in [1.807, 2.05) is 30.3 Å². The number of carbonyl (C=O) groups is 3. The number of nitrogens with two attached hydrogens (primary N) is 1. The highest BCUT2D eigenvalue weighted by atomic mass is 16.2. The van der Waals surface area contributed by atoms with E-state index in [2.05, 4.69) is 10.6 Å². The summed E-state index contributed by atoms with van der Waals surface area (Å²) in [6, 6.07) is 8.58. The molecule has 1 saturated heterocycles. The van der Waals surface area contributed by atoms with Crippen molar-refractivity contribution in [3.8, 4) is 0 Å². The number of nitrogens with one attached hydrogen (secondary N) is 2. The minimum Gasteiger partial charge on any atom is -0.353 e. The molecule has 4 amide bonds. The van der Waals surface area contributed by atoms with Crippen LogP contribution in [0.5, 0.6) is 0 Å². The van der Waals surface area contributed by atoms with Crippen LogP contribution in [0.4, 0.5) is 4.79 Å². The predicted octanol–water partition coefficient (Wildman–Crippen LogP) is 0.523. The Morgan fingerprint density at radius 2 is 2.04 bits per heavy atom. The molecular weight excluding hydrogens is 308 g/mol. The fourth-order valence-corrected chi connectivity index (χ4v) is 3.04. The normalized spacial score (nSPS) is 24.7. The molecule has 2 fully saturated rings. The van der Waals surface area contributed by atoms with Gasteiger partial charge in [-0.1, -0.05) is 30.3 Å². The lowest BCUT2D eigenvalue weighted by molar-refractivity contribution is -0.135. The lowest BCUT2D eigenvalue weighted by Gasteiger charge is -2.21. The van der Waals surface area contributed by atoms with Crippen LogP contribution in [0.25, 0.3) is 0 Å². The average molecular weight is 330 g/mol. The molecule has 0 bridgehead atoms. The third-order valence-corrected chi connectivity index (χ3v) is 4.74. The minimum absolute atomic E-state index is 0.175. The summed E-state index contributed by atoms with van der Waals surface area (Å²) in [7, 11) is 0. The van der Waals surface area contributed by atoms with Crippen LogP contribution in [0, 0.1) is 5.92 Å². The largest absolute Gasteiger partial charge is 0.353 e. The van der Waals surface area contributed by atoms with Crippen molar-refractivity contribution in [3.05, 3.63) is 35.9 Å². The second-order valence-electron chi connectivity index (χ2n) is 6.62. The summed E-state index contributed by atoms with van der Waals surface area (Å²) in [5.74, 6) is -0.545. The van der Waals surface area contributed by atoms with Crippen molar-refractivity contribution in [3.63, 3.8) is 0 Å². The number of urea groups is 1. The Hall–Kier alpha value is -2.41. The van der Waals surface area contributed by atoms with Gasteiger partial charge in [-0.15, -0.1) is 0 Å². The number of nitrogens with zero attached hydrogens (tertiary/aromatic N) is 1. The Morgan fingerprint density at radius 1 is 1.38 bits per heavy atom. The number of carbonyl (C=O) groups excluding carboxylic acids is 3. The first-order valence-electron chi connectivity index (χ1n) is 8.13. The zero-order chi connectivity index (χ0) is 17.3. The van der Waals surface area contributed by atoms with Gasteiger partial charge in [0.15, 0.2) is 0 Å². The van der Waals surface area contributed by atoms with Crippen LogP contribution in [0.15, 0.2) is 30.3 Å². The highest BCUT2D eigenvalue weighted by molar-refractivity contribution is 6.09. The Balaban J connectivity index is 1.53. The van der Waals surface area contributed by atoms with E-state index in [-0.39, 0.29) is 31.0 Å². The summed E-state index contributed by atoms with van der Waals surface area (Å²) in [6.07, 6.45) is 1.85. The molecule has 24 heavy (non-hydrogen) atoms. The van der Waals surface area contributed by atoms with Crippen molar-refractivity contribution in [2.75, 3.05) is 13.1 Å². The van der Waals surface area contributed by atoms with Gasteiger partial charge in [-0.25, -0.2) is 4.79 Å². The van der Waals surface area contributed by atoms with Crippen LogP contribution in [0.2, 0.25) is 0 Å². The van der Waals surface area contributed by atoms with E-state index >= 15 is 0 Å². The van der Waals surface area contributed by atoms with Crippen LogP contribution >= 0.6 is 0 Å². The predicted molar refractivity (Wildman–Crippen MR) is 87.8 cm³/mol. The highest BCUT2D eigenvalue weighted by Crippen LogP contribution is 2.42. The van der Waals surface area contributed by atoms with E-state index in [0.717, 1.165) is 23.3 Å². The number of benzene rings is 1. The summed E-state index contributed by atoms with van der Waals surface area (Å²) >= 11 is 0. The highest BCUT2D eigenvalue weighted by Gasteiger charge is 2.56. The second-order valence-corrected chi connectivity index (χ2v) is 6.62. The molecule has 0 radical (unpaired) electrons. The summed E-state index contributed by atoms with van der Waals surface area (Å²) in [5, 5.41) is 5.40. The topological polar surface area (TPSA) is 105 Å². The molecule has 1 aliphatic carbocycles. The van der Waals surface area contributed by atoms with E-state index < -0.39 is 17.5 Å². The molecule has 128 valence electrons. The van der Waals surface area contributed by atoms with Crippen molar-refractivity contribution >= 4 is 17.8 Å². The van der Waals surface area contributed by atoms with Crippen LogP contribution in [0.3, 0.4) is 0 Å². The smallest absolute Gasteiger partial charge is 0.325 e. The Kier molecular flexibility index (Phi) is 4.28. The maximum absolute atomic E-state index is 12.5. The molecule has 0 aromatic heterocycles. The third-order valence-electron chi connectivity index (χ3n) is 4.74. The van der Waals surface area contributed by atoms with Gasteiger partial charge in [0.25, 0.3) is 5.91 Å². The maximum atomic E-state index is 12.5. The number of amides is 4. The molecule has 2 aliphatic rings. The van der Waals surface area contributed by atoms with Crippen molar-refractivity contribution in [2.24, 2.45) is 11.7 Å². The van der Waals surface area contributed by atoms with Gasteiger partial charge in [-0.05, 0) is 31.2 Å². The number of hydrogen-bond donors (Lipinski definition) is 3. The Labute approximate surface area is 140 Å². The molecular formula is C17H22N4O3. The van der Waals surface area contributed by atoms with Gasteiger partial charge in [-0.2, -0.15) is 0 Å². The first-order chi connectivity index (χ1) is 11.4. The molecule has 7 nitrogen and oxygen atoms in total. The van der Waals surface area contributed by atoms with Crippen molar-refractivity contribution in [1.82, 2.24) is 15.5 Å². The van der Waals surface area contributed by atoms with Gasteiger partial charge in [0, 0.05) is 12.6 Å². The van der Waals surface area contributed by atoms with Gasteiger partial charge in [0.05, 0.1) is 0 Å². The zero-order valence-electron chi connectivity index (χ0n) is 13.6. The average Bonchev–Trinajstić information content (AvgIpc) is 3.40. The SMILES string of the molecule is CC1(C2CC2)NC(=O)N(CC(=O)NCC(N)c2ccccc2)C1=O. The minimum atomic E-state index is -0.863. The van der Waals surface area contributed by atoms with E-state index in [4.69, 9.17) is 5.73 Å². The number of imide groups is 1. The van der Waals surface area contributed by atoms with Crippen LogP contribution in [0.1, 0.15) is 31.4 Å². The first kappa shape index (κ1) is 16.4. The van der Waals surface area contributed by atoms with Gasteiger partial charge >= 0.3 is 6.03 Å². The summed E-state index contributed by atoms with van der Waals surface area (Å²) in [4.78, 5) is 37.5. The molecule has 2 atom stereocenters. The standard InChI is InChI=1S/C17H22N4O3/c1-17(12-7-8-12)15(23)21(16(24)20-17)10-14(22)19-9-13(18)11-5-3-2-4-6-11/h2-6,12-13H,7-10,18H2,1H3,(H,19,22)(H,20,24). The summed E-state index contributed by atoms with van der Waals surface area (Å²) < 4.78 is 0. The van der Waals surface area contributed by atoms with E-state index in [1.54, 1.807) is 6.92 Å². The van der Waals surface area contributed by atoms with Crippen LogP contribution < -0.4 is 16.4 Å². The zero-order valence-corrected chi connectivity index (χ0v) is 13.6. The molecule has 7 heteroatoms. The maximum Gasteiger partial charge on any atom is 0.325 e. The Morgan fingerprint density at radius 3 is 2.67 bits per heavy atom. The molecule has 4 N–H and O–H groups in total. The van der Waals surface area contributed by atoms with Crippen molar-refractivity contribution in [1.29, 1.82) is 0 Å². The Bertz CT molecular complexity index is 659. The first-order valence-corrected chi connectivity index (χ1v) is 8.13. The summed E-state index contributed by atoms with van der Waals surface area (Å²) in [5.41, 5.74) is 6.07. The molecule has 0 spiro atoms. The molecule has 3 rings (SSSR count). The van der Waals surface area contributed by atoms with Crippen molar-refractivity contribution in [2.45, 2.75) is 31.3 Å². The number of rotatable bonds is 6. The van der Waals surface area contributed by atoms with Crippen LogP contribution in [-0.4, -0.2) is 41.4 Å².